The highest BCUT2D eigenvalue weighted by molar-refractivity contribution is 7.99. The molecule has 7 nitrogen and oxygen atoms in total. The second-order valence-corrected chi connectivity index (χ2v) is 7.91. The van der Waals surface area contributed by atoms with E-state index in [-0.39, 0.29) is 29.7 Å². The number of ketones is 1. The zero-order valence-corrected chi connectivity index (χ0v) is 18.3. The molecule has 0 aliphatic rings. The minimum absolute atomic E-state index is 0.00829. The van der Waals surface area contributed by atoms with Crippen molar-refractivity contribution >= 4 is 23.5 Å². The summed E-state index contributed by atoms with van der Waals surface area (Å²) in [5.74, 6) is 0.253. The van der Waals surface area contributed by atoms with Crippen LogP contribution in [0.3, 0.4) is 0 Å². The van der Waals surface area contributed by atoms with Crippen LogP contribution in [0.1, 0.15) is 46.4 Å². The molecule has 0 saturated carbocycles. The Bertz CT molecular complexity index is 1070. The van der Waals surface area contributed by atoms with Crippen molar-refractivity contribution in [2.75, 3.05) is 12.9 Å². The van der Waals surface area contributed by atoms with Crippen molar-refractivity contribution in [3.63, 3.8) is 0 Å². The van der Waals surface area contributed by atoms with Gasteiger partial charge in [0, 0.05) is 11.6 Å². The molecule has 0 spiro atoms. The van der Waals surface area contributed by atoms with Crippen LogP contribution in [-0.4, -0.2) is 39.3 Å². The fourth-order valence-corrected chi connectivity index (χ4v) is 3.92. The maximum Gasteiger partial charge on any atom is 0.254 e. The molecular formula is C22H23FN4O3S. The van der Waals surface area contributed by atoms with Gasteiger partial charge in [0.05, 0.1) is 25.0 Å². The van der Waals surface area contributed by atoms with Crippen LogP contribution in [0.15, 0.2) is 53.7 Å². The maximum atomic E-state index is 13.8. The van der Waals surface area contributed by atoms with Crippen LogP contribution < -0.4 is 10.1 Å². The van der Waals surface area contributed by atoms with Crippen LogP contribution in [0.25, 0.3) is 0 Å². The number of carbonyl (C=O) groups excluding carboxylic acids is 2. The number of hydrogen-bond donors (Lipinski definition) is 1. The van der Waals surface area contributed by atoms with Crippen LogP contribution in [0.5, 0.6) is 5.75 Å². The Labute approximate surface area is 184 Å². The summed E-state index contributed by atoms with van der Waals surface area (Å²) in [6.07, 6.45) is 0. The molecular weight excluding hydrogens is 419 g/mol. The molecule has 162 valence electrons. The third-order valence-electron chi connectivity index (χ3n) is 4.52. The standard InChI is InChI=1S/C22H23FN4O3S/c1-14(2)27-20(12-24-21(29)17-6-4-5-7-18(17)23)25-26-22(27)31-13-19(28)15-8-10-16(30-3)11-9-15/h4-11,14H,12-13H2,1-3H3,(H,24,29). The van der Waals surface area contributed by atoms with Gasteiger partial charge >= 0.3 is 0 Å². The molecule has 0 unspecified atom stereocenters. The first kappa shape index (κ1) is 22.5. The van der Waals surface area contributed by atoms with Crippen LogP contribution in [0.4, 0.5) is 4.39 Å². The van der Waals surface area contributed by atoms with Gasteiger partial charge in [-0.3, -0.25) is 9.59 Å². The van der Waals surface area contributed by atoms with Gasteiger partial charge in [0.15, 0.2) is 16.8 Å². The summed E-state index contributed by atoms with van der Waals surface area (Å²) in [4.78, 5) is 24.8. The monoisotopic (exact) mass is 442 g/mol. The van der Waals surface area contributed by atoms with Crippen molar-refractivity contribution in [2.45, 2.75) is 31.6 Å². The summed E-state index contributed by atoms with van der Waals surface area (Å²) in [6, 6.07) is 12.7. The summed E-state index contributed by atoms with van der Waals surface area (Å²) in [5, 5.41) is 11.6. The van der Waals surface area contributed by atoms with Gasteiger partial charge in [-0.25, -0.2) is 4.39 Å². The number of thioether (sulfide) groups is 1. The molecule has 3 aromatic rings. The summed E-state index contributed by atoms with van der Waals surface area (Å²) in [5.41, 5.74) is 0.555. The molecule has 0 bridgehead atoms. The van der Waals surface area contributed by atoms with E-state index >= 15 is 0 Å². The average molecular weight is 443 g/mol. The van der Waals surface area contributed by atoms with E-state index in [1.807, 2.05) is 18.4 Å². The van der Waals surface area contributed by atoms with E-state index in [0.29, 0.717) is 22.3 Å². The van der Waals surface area contributed by atoms with Crippen LogP contribution >= 0.6 is 11.8 Å². The second kappa shape index (κ2) is 10.2. The van der Waals surface area contributed by atoms with Crippen molar-refractivity contribution in [3.05, 3.63) is 71.3 Å². The van der Waals surface area contributed by atoms with Crippen LogP contribution in [0, 0.1) is 5.82 Å². The van der Waals surface area contributed by atoms with Gasteiger partial charge in [-0.05, 0) is 50.2 Å². The number of Topliss-reactive ketones (excluding diaryl/α,β-unsaturated/α-hetero) is 1. The van der Waals surface area contributed by atoms with E-state index < -0.39 is 11.7 Å². The van der Waals surface area contributed by atoms with Gasteiger partial charge in [-0.15, -0.1) is 10.2 Å². The Kier molecular flexibility index (Phi) is 7.41. The number of carbonyl (C=O) groups is 2. The molecule has 3 rings (SSSR count). The number of nitrogens with zero attached hydrogens (tertiary/aromatic N) is 3. The Balaban J connectivity index is 1.66. The maximum absolute atomic E-state index is 13.8. The van der Waals surface area contributed by atoms with Gasteiger partial charge < -0.3 is 14.6 Å². The highest BCUT2D eigenvalue weighted by Gasteiger charge is 2.18. The zero-order chi connectivity index (χ0) is 22.4. The smallest absolute Gasteiger partial charge is 0.254 e. The van der Waals surface area contributed by atoms with Gasteiger partial charge in [0.2, 0.25) is 0 Å². The number of benzene rings is 2. The molecule has 1 N–H and O–H groups in total. The lowest BCUT2D eigenvalue weighted by Gasteiger charge is -2.14. The Morgan fingerprint density at radius 1 is 1.13 bits per heavy atom. The fraction of sp³-hybridized carbons (Fsp3) is 0.273. The Morgan fingerprint density at radius 2 is 1.84 bits per heavy atom. The topological polar surface area (TPSA) is 86.1 Å². The van der Waals surface area contributed by atoms with Crippen molar-refractivity contribution < 1.29 is 18.7 Å². The molecule has 1 amide bonds. The molecule has 0 aliphatic carbocycles. The van der Waals surface area contributed by atoms with Gasteiger partial charge in [-0.1, -0.05) is 23.9 Å². The highest BCUT2D eigenvalue weighted by Crippen LogP contribution is 2.23. The normalized spacial score (nSPS) is 10.9. The van der Waals surface area contributed by atoms with Crippen molar-refractivity contribution in [3.8, 4) is 5.75 Å². The van der Waals surface area contributed by atoms with E-state index in [1.165, 1.54) is 30.0 Å². The third kappa shape index (κ3) is 5.49. The molecule has 9 heteroatoms. The number of methoxy groups -OCH3 is 1. The van der Waals surface area contributed by atoms with Crippen molar-refractivity contribution in [1.82, 2.24) is 20.1 Å². The molecule has 1 aromatic heterocycles. The van der Waals surface area contributed by atoms with Gasteiger partial charge in [0.1, 0.15) is 11.6 Å². The minimum Gasteiger partial charge on any atom is -0.497 e. The van der Waals surface area contributed by atoms with E-state index in [4.69, 9.17) is 4.74 Å². The van der Waals surface area contributed by atoms with Gasteiger partial charge in [0.25, 0.3) is 5.91 Å². The lowest BCUT2D eigenvalue weighted by Crippen LogP contribution is -2.26. The minimum atomic E-state index is -0.585. The first-order valence-electron chi connectivity index (χ1n) is 9.67. The molecule has 1 heterocycles. The third-order valence-corrected chi connectivity index (χ3v) is 5.46. The number of hydrogen-bond acceptors (Lipinski definition) is 6. The van der Waals surface area contributed by atoms with Crippen molar-refractivity contribution in [1.29, 1.82) is 0 Å². The molecule has 31 heavy (non-hydrogen) atoms. The number of aromatic nitrogens is 3. The summed E-state index contributed by atoms with van der Waals surface area (Å²) < 4.78 is 20.8. The lowest BCUT2D eigenvalue weighted by atomic mass is 10.1. The Morgan fingerprint density at radius 3 is 2.48 bits per heavy atom. The second-order valence-electron chi connectivity index (χ2n) is 6.97. The predicted molar refractivity (Wildman–Crippen MR) is 116 cm³/mol. The van der Waals surface area contributed by atoms with E-state index in [9.17, 15) is 14.0 Å². The largest absolute Gasteiger partial charge is 0.497 e. The van der Waals surface area contributed by atoms with Crippen LogP contribution in [-0.2, 0) is 6.54 Å². The first-order chi connectivity index (χ1) is 14.9. The number of ether oxygens (including phenoxy) is 1. The SMILES string of the molecule is COc1ccc(C(=O)CSc2nnc(CNC(=O)c3ccccc3F)n2C(C)C)cc1. The summed E-state index contributed by atoms with van der Waals surface area (Å²) in [6.45, 7) is 4.01. The quantitative estimate of drug-likeness (QED) is 0.399. The summed E-state index contributed by atoms with van der Waals surface area (Å²) in [7, 11) is 1.57. The first-order valence-corrected chi connectivity index (χ1v) is 10.7. The van der Waals surface area contributed by atoms with E-state index in [2.05, 4.69) is 15.5 Å². The molecule has 0 saturated heterocycles. The molecule has 0 radical (unpaired) electrons. The predicted octanol–water partition coefficient (Wildman–Crippen LogP) is 3.91. The number of halogens is 1. The summed E-state index contributed by atoms with van der Waals surface area (Å²) >= 11 is 1.28. The number of nitrogens with one attached hydrogen (secondary N) is 1. The Hall–Kier alpha value is -3.20. The van der Waals surface area contributed by atoms with Crippen molar-refractivity contribution in [2.24, 2.45) is 0 Å². The average Bonchev–Trinajstić information content (AvgIpc) is 3.19. The van der Waals surface area contributed by atoms with Gasteiger partial charge in [-0.2, -0.15) is 0 Å². The lowest BCUT2D eigenvalue weighted by molar-refractivity contribution is 0.0944. The van der Waals surface area contributed by atoms with Crippen LogP contribution in [0.2, 0.25) is 0 Å². The molecule has 0 aliphatic heterocycles. The molecule has 2 aromatic carbocycles. The fourth-order valence-electron chi connectivity index (χ4n) is 2.94. The molecule has 0 atom stereocenters. The number of amides is 1. The molecule has 0 fully saturated rings. The van der Waals surface area contributed by atoms with E-state index in [1.54, 1.807) is 37.4 Å². The number of rotatable bonds is 9. The van der Waals surface area contributed by atoms with E-state index in [0.717, 1.165) is 0 Å². The highest BCUT2D eigenvalue weighted by atomic mass is 32.2. The zero-order valence-electron chi connectivity index (χ0n) is 17.5.